The van der Waals surface area contributed by atoms with E-state index in [4.69, 9.17) is 9.84 Å². The summed E-state index contributed by atoms with van der Waals surface area (Å²) in [6, 6.07) is 9.68. The lowest BCUT2D eigenvalue weighted by molar-refractivity contribution is -0.131. The first kappa shape index (κ1) is 13.4. The number of thiophene rings is 1. The summed E-state index contributed by atoms with van der Waals surface area (Å²) in [5.41, 5.74) is 2.58. The van der Waals surface area contributed by atoms with Crippen LogP contribution in [-0.2, 0) is 4.79 Å². The predicted molar refractivity (Wildman–Crippen MR) is 77.6 cm³/mol. The molecule has 0 radical (unpaired) electrons. The lowest BCUT2D eigenvalue weighted by Gasteiger charge is -2.09. The van der Waals surface area contributed by atoms with Gasteiger partial charge in [0.1, 0.15) is 5.75 Å². The maximum absolute atomic E-state index is 10.7. The van der Waals surface area contributed by atoms with E-state index in [-0.39, 0.29) is 0 Å². The largest absolute Gasteiger partial charge is 0.496 e. The second-order valence-corrected chi connectivity index (χ2v) is 5.01. The molecule has 0 amide bonds. The minimum atomic E-state index is -0.939. The Balaban J connectivity index is 2.50. The van der Waals surface area contributed by atoms with Gasteiger partial charge in [-0.25, -0.2) is 4.79 Å². The van der Waals surface area contributed by atoms with Gasteiger partial charge in [0.25, 0.3) is 0 Å². The number of carbonyl (C=O) groups is 1. The fourth-order valence-electron chi connectivity index (χ4n) is 1.85. The monoisotopic (exact) mass is 274 g/mol. The van der Waals surface area contributed by atoms with E-state index in [2.05, 4.69) is 0 Å². The fraction of sp³-hybridized carbons (Fsp3) is 0.133. The molecule has 2 aromatic rings. The third-order valence-corrected chi connectivity index (χ3v) is 3.68. The molecular formula is C15H14O3S. The third kappa shape index (κ3) is 3.03. The SMILES string of the molecule is COc1ccc(/C(C)=C/C(=O)O)cc1-c1cccs1. The van der Waals surface area contributed by atoms with Crippen LogP contribution in [0.2, 0.25) is 0 Å². The Morgan fingerprint density at radius 2 is 2.16 bits per heavy atom. The maximum atomic E-state index is 10.7. The van der Waals surface area contributed by atoms with Crippen LogP contribution in [0.5, 0.6) is 5.75 Å². The van der Waals surface area contributed by atoms with E-state index in [1.807, 2.05) is 35.7 Å². The molecule has 4 heteroatoms. The summed E-state index contributed by atoms with van der Waals surface area (Å²) < 4.78 is 5.36. The lowest BCUT2D eigenvalue weighted by Crippen LogP contribution is -1.92. The van der Waals surface area contributed by atoms with E-state index in [0.717, 1.165) is 21.8 Å². The number of carboxylic acids is 1. The molecule has 0 atom stereocenters. The summed E-state index contributed by atoms with van der Waals surface area (Å²) in [6.07, 6.45) is 1.21. The van der Waals surface area contributed by atoms with Crippen LogP contribution in [0.3, 0.4) is 0 Å². The summed E-state index contributed by atoms with van der Waals surface area (Å²) in [5, 5.41) is 10.8. The van der Waals surface area contributed by atoms with Gasteiger partial charge in [0.2, 0.25) is 0 Å². The molecule has 0 fully saturated rings. The molecule has 0 spiro atoms. The first-order valence-corrected chi connectivity index (χ1v) is 6.63. The molecule has 0 bridgehead atoms. The Morgan fingerprint density at radius 1 is 1.37 bits per heavy atom. The van der Waals surface area contributed by atoms with Crippen molar-refractivity contribution in [2.75, 3.05) is 7.11 Å². The van der Waals surface area contributed by atoms with Crippen LogP contribution in [0.15, 0.2) is 41.8 Å². The van der Waals surface area contributed by atoms with E-state index >= 15 is 0 Å². The van der Waals surface area contributed by atoms with Crippen LogP contribution >= 0.6 is 11.3 Å². The van der Waals surface area contributed by atoms with Gasteiger partial charge < -0.3 is 9.84 Å². The molecule has 1 aromatic carbocycles. The highest BCUT2D eigenvalue weighted by molar-refractivity contribution is 7.13. The number of benzene rings is 1. The van der Waals surface area contributed by atoms with E-state index in [1.165, 1.54) is 6.08 Å². The third-order valence-electron chi connectivity index (χ3n) is 2.78. The number of carboxylic acid groups (broad SMARTS) is 1. The average molecular weight is 274 g/mol. The number of hydrogen-bond acceptors (Lipinski definition) is 3. The zero-order valence-electron chi connectivity index (χ0n) is 10.7. The minimum Gasteiger partial charge on any atom is -0.496 e. The molecule has 1 heterocycles. The zero-order chi connectivity index (χ0) is 13.8. The molecule has 0 saturated carbocycles. The van der Waals surface area contributed by atoms with E-state index in [1.54, 1.807) is 25.4 Å². The van der Waals surface area contributed by atoms with E-state index in [9.17, 15) is 4.79 Å². The van der Waals surface area contributed by atoms with E-state index in [0.29, 0.717) is 5.57 Å². The highest BCUT2D eigenvalue weighted by atomic mass is 32.1. The zero-order valence-corrected chi connectivity index (χ0v) is 11.5. The number of allylic oxidation sites excluding steroid dienone is 1. The highest BCUT2D eigenvalue weighted by Gasteiger charge is 2.09. The van der Waals surface area contributed by atoms with Gasteiger partial charge in [0.15, 0.2) is 0 Å². The Bertz CT molecular complexity index is 612. The first-order chi connectivity index (χ1) is 9.11. The molecule has 1 aromatic heterocycles. The minimum absolute atomic E-state index is 0.716. The van der Waals surface area contributed by atoms with Crippen molar-refractivity contribution in [3.05, 3.63) is 47.4 Å². The van der Waals surface area contributed by atoms with Crippen LogP contribution in [0, 0.1) is 0 Å². The standard InChI is InChI=1S/C15H14O3S/c1-10(8-15(16)17)11-5-6-13(18-2)12(9-11)14-4-3-7-19-14/h3-9H,1-2H3,(H,16,17)/b10-8+. The Kier molecular flexibility index (Phi) is 4.02. The smallest absolute Gasteiger partial charge is 0.328 e. The number of rotatable bonds is 4. The molecule has 1 N–H and O–H groups in total. The Hall–Kier alpha value is -2.07. The van der Waals surface area contributed by atoms with E-state index < -0.39 is 5.97 Å². The fourth-order valence-corrected chi connectivity index (χ4v) is 2.59. The van der Waals surface area contributed by atoms with Crippen molar-refractivity contribution >= 4 is 22.9 Å². The topological polar surface area (TPSA) is 46.5 Å². The molecule has 19 heavy (non-hydrogen) atoms. The molecule has 0 unspecified atom stereocenters. The molecule has 0 aliphatic heterocycles. The molecular weight excluding hydrogens is 260 g/mol. The van der Waals surface area contributed by atoms with Crippen molar-refractivity contribution in [3.63, 3.8) is 0 Å². The van der Waals surface area contributed by atoms with Gasteiger partial charge in [0.05, 0.1) is 7.11 Å². The molecule has 98 valence electrons. The van der Waals surface area contributed by atoms with Gasteiger partial charge in [-0.05, 0) is 41.6 Å². The van der Waals surface area contributed by atoms with Crippen molar-refractivity contribution in [3.8, 4) is 16.2 Å². The molecule has 2 rings (SSSR count). The number of aliphatic carboxylic acids is 1. The van der Waals surface area contributed by atoms with Crippen LogP contribution in [0.25, 0.3) is 16.0 Å². The number of methoxy groups -OCH3 is 1. The van der Waals surface area contributed by atoms with Crippen molar-refractivity contribution in [1.82, 2.24) is 0 Å². The summed E-state index contributed by atoms with van der Waals surface area (Å²) in [7, 11) is 1.63. The van der Waals surface area contributed by atoms with Gasteiger partial charge in [-0.1, -0.05) is 12.1 Å². The van der Waals surface area contributed by atoms with Gasteiger partial charge in [-0.3, -0.25) is 0 Å². The second kappa shape index (κ2) is 5.71. The van der Waals surface area contributed by atoms with Crippen LogP contribution in [-0.4, -0.2) is 18.2 Å². The molecule has 0 aliphatic carbocycles. The Morgan fingerprint density at radius 3 is 2.74 bits per heavy atom. The average Bonchev–Trinajstić information content (AvgIpc) is 2.91. The van der Waals surface area contributed by atoms with Crippen molar-refractivity contribution in [2.24, 2.45) is 0 Å². The number of hydrogen-bond donors (Lipinski definition) is 1. The molecule has 0 aliphatic rings. The first-order valence-electron chi connectivity index (χ1n) is 5.75. The molecule has 0 saturated heterocycles. The number of ether oxygens (including phenoxy) is 1. The predicted octanol–water partition coefficient (Wildman–Crippen LogP) is 3.91. The summed E-state index contributed by atoms with van der Waals surface area (Å²) in [5.74, 6) is -0.152. The summed E-state index contributed by atoms with van der Waals surface area (Å²) >= 11 is 1.62. The van der Waals surface area contributed by atoms with Crippen molar-refractivity contribution in [1.29, 1.82) is 0 Å². The normalized spacial score (nSPS) is 11.4. The lowest BCUT2D eigenvalue weighted by atomic mass is 10.0. The van der Waals surface area contributed by atoms with Gasteiger partial charge in [0, 0.05) is 16.5 Å². The quantitative estimate of drug-likeness (QED) is 0.860. The van der Waals surface area contributed by atoms with Crippen molar-refractivity contribution < 1.29 is 14.6 Å². The van der Waals surface area contributed by atoms with Gasteiger partial charge >= 0.3 is 5.97 Å². The van der Waals surface area contributed by atoms with Crippen LogP contribution in [0.4, 0.5) is 0 Å². The Labute approximate surface area is 115 Å². The van der Waals surface area contributed by atoms with Gasteiger partial charge in [-0.15, -0.1) is 11.3 Å². The van der Waals surface area contributed by atoms with Crippen LogP contribution in [0.1, 0.15) is 12.5 Å². The maximum Gasteiger partial charge on any atom is 0.328 e. The second-order valence-electron chi connectivity index (χ2n) is 4.06. The van der Waals surface area contributed by atoms with Crippen molar-refractivity contribution in [2.45, 2.75) is 6.92 Å². The van der Waals surface area contributed by atoms with Gasteiger partial charge in [-0.2, -0.15) is 0 Å². The summed E-state index contributed by atoms with van der Waals surface area (Å²) in [4.78, 5) is 11.8. The summed E-state index contributed by atoms with van der Waals surface area (Å²) in [6.45, 7) is 1.79. The molecule has 3 nitrogen and oxygen atoms in total. The highest BCUT2D eigenvalue weighted by Crippen LogP contribution is 2.35. The van der Waals surface area contributed by atoms with Crippen LogP contribution < -0.4 is 4.74 Å².